The predicted molar refractivity (Wildman–Crippen MR) is 75.7 cm³/mol. The summed E-state index contributed by atoms with van der Waals surface area (Å²) in [6, 6.07) is 9.27. The van der Waals surface area contributed by atoms with E-state index < -0.39 is 5.97 Å². The van der Waals surface area contributed by atoms with Gasteiger partial charge in [-0.15, -0.1) is 0 Å². The smallest absolute Gasteiger partial charge is 0.355 e. The van der Waals surface area contributed by atoms with Crippen LogP contribution in [-0.2, 0) is 4.74 Å². The van der Waals surface area contributed by atoms with Crippen LogP contribution in [0.1, 0.15) is 10.5 Å². The van der Waals surface area contributed by atoms with Gasteiger partial charge in [-0.1, -0.05) is 18.2 Å². The monoisotopic (exact) mass is 287 g/mol. The summed E-state index contributed by atoms with van der Waals surface area (Å²) in [5.41, 5.74) is 2.42. The summed E-state index contributed by atoms with van der Waals surface area (Å²) in [4.78, 5) is 23.0. The molecule has 0 aliphatic rings. The summed E-state index contributed by atoms with van der Waals surface area (Å²) < 4.78 is 4.81. The van der Waals surface area contributed by atoms with Gasteiger partial charge >= 0.3 is 5.97 Å². The number of carbonyl (C=O) groups is 1. The molecule has 0 spiro atoms. The van der Waals surface area contributed by atoms with Crippen LogP contribution in [0.15, 0.2) is 36.5 Å². The van der Waals surface area contributed by atoms with E-state index in [0.717, 1.165) is 10.9 Å². The number of H-pyrrole nitrogens is 1. The molecule has 0 aliphatic carbocycles. The van der Waals surface area contributed by atoms with Crippen molar-refractivity contribution in [3.63, 3.8) is 0 Å². The number of halogens is 1. The lowest BCUT2D eigenvalue weighted by Gasteiger charge is -2.03. The maximum Gasteiger partial charge on any atom is 0.355 e. The Morgan fingerprint density at radius 2 is 2.10 bits per heavy atom. The van der Waals surface area contributed by atoms with Crippen molar-refractivity contribution < 1.29 is 9.53 Å². The molecule has 1 N–H and O–H groups in total. The van der Waals surface area contributed by atoms with Crippen molar-refractivity contribution in [2.24, 2.45) is 0 Å². The zero-order chi connectivity index (χ0) is 14.1. The third kappa shape index (κ3) is 2.02. The first kappa shape index (κ1) is 12.6. The minimum Gasteiger partial charge on any atom is -0.464 e. The SMILES string of the molecule is COC(=O)c1[nH]c2ccccc2c1-c1ccnc(Cl)n1. The summed E-state index contributed by atoms with van der Waals surface area (Å²) in [5.74, 6) is -0.453. The van der Waals surface area contributed by atoms with Crippen molar-refractivity contribution in [1.82, 2.24) is 15.0 Å². The Labute approximate surface area is 119 Å². The Bertz CT molecular complexity index is 798. The molecule has 0 amide bonds. The van der Waals surface area contributed by atoms with Gasteiger partial charge in [0, 0.05) is 22.7 Å². The van der Waals surface area contributed by atoms with E-state index in [1.807, 2.05) is 24.3 Å². The van der Waals surface area contributed by atoms with Gasteiger partial charge in [-0.2, -0.15) is 0 Å². The maximum atomic E-state index is 11.9. The first-order valence-electron chi connectivity index (χ1n) is 5.88. The minimum absolute atomic E-state index is 0.128. The van der Waals surface area contributed by atoms with E-state index in [9.17, 15) is 4.79 Å². The largest absolute Gasteiger partial charge is 0.464 e. The van der Waals surface area contributed by atoms with Crippen molar-refractivity contribution in [3.05, 3.63) is 47.5 Å². The number of nitrogens with zero attached hydrogens (tertiary/aromatic N) is 2. The Morgan fingerprint density at radius 3 is 2.85 bits per heavy atom. The second-order valence-electron chi connectivity index (χ2n) is 4.12. The average molecular weight is 288 g/mol. The number of hydrogen-bond donors (Lipinski definition) is 1. The second kappa shape index (κ2) is 4.94. The molecule has 6 heteroatoms. The van der Waals surface area contributed by atoms with E-state index in [1.165, 1.54) is 7.11 Å². The van der Waals surface area contributed by atoms with Crippen molar-refractivity contribution in [2.75, 3.05) is 7.11 Å². The number of rotatable bonds is 2. The number of nitrogens with one attached hydrogen (secondary N) is 1. The van der Waals surface area contributed by atoms with Crippen LogP contribution >= 0.6 is 11.6 Å². The molecule has 3 rings (SSSR count). The fourth-order valence-electron chi connectivity index (χ4n) is 2.14. The fourth-order valence-corrected chi connectivity index (χ4v) is 2.28. The number of methoxy groups -OCH3 is 1. The van der Waals surface area contributed by atoms with E-state index in [1.54, 1.807) is 12.3 Å². The lowest BCUT2D eigenvalue weighted by atomic mass is 10.1. The second-order valence-corrected chi connectivity index (χ2v) is 4.46. The van der Waals surface area contributed by atoms with Crippen molar-refractivity contribution in [1.29, 1.82) is 0 Å². The Hall–Kier alpha value is -2.40. The van der Waals surface area contributed by atoms with Crippen LogP contribution in [0, 0.1) is 0 Å². The first-order chi connectivity index (χ1) is 9.70. The predicted octanol–water partition coefficient (Wildman–Crippen LogP) is 3.06. The van der Waals surface area contributed by atoms with Crippen LogP contribution in [-0.4, -0.2) is 28.0 Å². The highest BCUT2D eigenvalue weighted by Crippen LogP contribution is 2.31. The molecule has 100 valence electrons. The zero-order valence-corrected chi connectivity index (χ0v) is 11.3. The highest BCUT2D eigenvalue weighted by atomic mass is 35.5. The Kier molecular flexibility index (Phi) is 3.12. The standard InChI is InChI=1S/C14H10ClN3O2/c1-20-13(19)12-11(10-6-7-16-14(15)18-10)8-4-2-3-5-9(8)17-12/h2-7,17H,1H3. The lowest BCUT2D eigenvalue weighted by Crippen LogP contribution is -2.04. The zero-order valence-electron chi connectivity index (χ0n) is 10.6. The summed E-state index contributed by atoms with van der Waals surface area (Å²) in [6.45, 7) is 0. The van der Waals surface area contributed by atoms with E-state index in [0.29, 0.717) is 17.0 Å². The third-order valence-electron chi connectivity index (χ3n) is 2.98. The van der Waals surface area contributed by atoms with Crippen LogP contribution in [0.2, 0.25) is 5.28 Å². The molecule has 0 bridgehead atoms. The van der Waals surface area contributed by atoms with E-state index in [2.05, 4.69) is 15.0 Å². The van der Waals surface area contributed by atoms with Crippen LogP contribution in [0.3, 0.4) is 0 Å². The van der Waals surface area contributed by atoms with Crippen molar-refractivity contribution in [3.8, 4) is 11.3 Å². The van der Waals surface area contributed by atoms with Gasteiger partial charge in [0.25, 0.3) is 0 Å². The number of benzene rings is 1. The fraction of sp³-hybridized carbons (Fsp3) is 0.0714. The summed E-state index contributed by atoms with van der Waals surface area (Å²) >= 11 is 5.83. The molecule has 0 atom stereocenters. The molecular formula is C14H10ClN3O2. The molecule has 0 aliphatic heterocycles. The van der Waals surface area contributed by atoms with E-state index in [-0.39, 0.29) is 5.28 Å². The van der Waals surface area contributed by atoms with Crippen molar-refractivity contribution in [2.45, 2.75) is 0 Å². The Balaban J connectivity index is 2.34. The van der Waals surface area contributed by atoms with Gasteiger partial charge in [0.15, 0.2) is 0 Å². The molecule has 0 saturated heterocycles. The molecule has 0 fully saturated rings. The van der Waals surface area contributed by atoms with E-state index >= 15 is 0 Å². The average Bonchev–Trinajstić information content (AvgIpc) is 2.85. The normalized spacial score (nSPS) is 10.7. The van der Waals surface area contributed by atoms with Gasteiger partial charge in [0.05, 0.1) is 12.8 Å². The van der Waals surface area contributed by atoms with Crippen LogP contribution < -0.4 is 0 Å². The minimum atomic E-state index is -0.453. The van der Waals surface area contributed by atoms with Gasteiger partial charge in [0.2, 0.25) is 5.28 Å². The number of para-hydroxylation sites is 1. The molecular weight excluding hydrogens is 278 g/mol. The topological polar surface area (TPSA) is 67.9 Å². The van der Waals surface area contributed by atoms with Gasteiger partial charge in [-0.25, -0.2) is 14.8 Å². The molecule has 20 heavy (non-hydrogen) atoms. The molecule has 2 heterocycles. The maximum absolute atomic E-state index is 11.9. The number of aromatic amines is 1. The van der Waals surface area contributed by atoms with Crippen LogP contribution in [0.4, 0.5) is 0 Å². The summed E-state index contributed by atoms with van der Waals surface area (Å²) in [7, 11) is 1.34. The molecule has 5 nitrogen and oxygen atoms in total. The summed E-state index contributed by atoms with van der Waals surface area (Å²) in [6.07, 6.45) is 1.55. The third-order valence-corrected chi connectivity index (χ3v) is 3.16. The molecule has 0 radical (unpaired) electrons. The first-order valence-corrected chi connectivity index (χ1v) is 6.26. The highest BCUT2D eigenvalue weighted by molar-refractivity contribution is 6.28. The molecule has 1 aromatic carbocycles. The number of hydrogen-bond acceptors (Lipinski definition) is 4. The van der Waals surface area contributed by atoms with Crippen molar-refractivity contribution >= 4 is 28.5 Å². The molecule has 0 saturated carbocycles. The van der Waals surface area contributed by atoms with Crippen LogP contribution in [0.5, 0.6) is 0 Å². The lowest BCUT2D eigenvalue weighted by molar-refractivity contribution is 0.0596. The number of ether oxygens (including phenoxy) is 1. The highest BCUT2D eigenvalue weighted by Gasteiger charge is 2.20. The summed E-state index contributed by atoms with van der Waals surface area (Å²) in [5, 5.41) is 1.01. The molecule has 0 unspecified atom stereocenters. The van der Waals surface area contributed by atoms with Gasteiger partial charge < -0.3 is 9.72 Å². The molecule has 3 aromatic rings. The van der Waals surface area contributed by atoms with Gasteiger partial charge in [-0.05, 0) is 23.7 Å². The van der Waals surface area contributed by atoms with Gasteiger partial charge in [-0.3, -0.25) is 0 Å². The number of aromatic nitrogens is 3. The quantitative estimate of drug-likeness (QED) is 0.581. The molecule has 2 aromatic heterocycles. The number of fused-ring (bicyclic) bond motifs is 1. The number of carbonyl (C=O) groups excluding carboxylic acids is 1. The Morgan fingerprint density at radius 1 is 1.30 bits per heavy atom. The number of esters is 1. The van der Waals surface area contributed by atoms with Crippen LogP contribution in [0.25, 0.3) is 22.2 Å². The van der Waals surface area contributed by atoms with E-state index in [4.69, 9.17) is 16.3 Å². The van der Waals surface area contributed by atoms with Gasteiger partial charge in [0.1, 0.15) is 5.69 Å².